The first-order valence-corrected chi connectivity index (χ1v) is 6.34. The van der Waals surface area contributed by atoms with Crippen LogP contribution in [0, 0.1) is 0 Å². The Hall–Kier alpha value is -1.88. The molecule has 0 radical (unpaired) electrons. The van der Waals surface area contributed by atoms with Gasteiger partial charge in [0.05, 0.1) is 11.9 Å². The van der Waals surface area contributed by atoms with E-state index in [-0.39, 0.29) is 48.9 Å². The summed E-state index contributed by atoms with van der Waals surface area (Å²) in [4.78, 5) is 20.6. The topological polar surface area (TPSA) is 80.3 Å². The maximum atomic E-state index is 10.3. The number of aliphatic carboxylic acids is 2. The maximum Gasteiger partial charge on any atom is 2.00 e. The number of hydrogen-bond donors (Lipinski definition) is 0. The van der Waals surface area contributed by atoms with Crippen LogP contribution < -0.4 is 10.2 Å². The van der Waals surface area contributed by atoms with Crippen LogP contribution in [0.25, 0.3) is 11.1 Å². The number of carboxylic acid groups (broad SMARTS) is 2. The van der Waals surface area contributed by atoms with Gasteiger partial charge in [0, 0.05) is 0 Å². The summed E-state index contributed by atoms with van der Waals surface area (Å²) < 4.78 is 0. The van der Waals surface area contributed by atoms with Crippen LogP contribution in [0.1, 0.15) is 11.1 Å². The van der Waals surface area contributed by atoms with Crippen molar-refractivity contribution in [3.63, 3.8) is 0 Å². The Morgan fingerprint density at radius 1 is 0.652 bits per heavy atom. The molecule has 0 heterocycles. The fourth-order valence-corrected chi connectivity index (χ4v) is 1.51. The first kappa shape index (κ1) is 21.1. The third-order valence-electron chi connectivity index (χ3n) is 2.74. The van der Waals surface area contributed by atoms with Crippen LogP contribution in [0.4, 0.5) is 0 Å². The van der Waals surface area contributed by atoms with E-state index < -0.39 is 11.9 Å². The molecule has 4 nitrogen and oxygen atoms in total. The van der Waals surface area contributed by atoms with E-state index in [1.54, 1.807) is 48.5 Å². The SMILES string of the molecule is C=C(C(=O)[O-])c1ccccc1.C=C(C(=O)[O-])c1ccccc1.[Ca+2]. The minimum atomic E-state index is -1.23. The maximum absolute atomic E-state index is 10.3. The van der Waals surface area contributed by atoms with Crippen molar-refractivity contribution in [2.45, 2.75) is 0 Å². The molecule has 0 aliphatic carbocycles. The molecule has 2 aromatic rings. The quantitative estimate of drug-likeness (QED) is 0.603. The largest absolute Gasteiger partial charge is 2.00 e. The average molecular weight is 334 g/mol. The smallest absolute Gasteiger partial charge is 0.545 e. The molecule has 0 aliphatic rings. The normalized spacial score (nSPS) is 8.70. The molecule has 0 atom stereocenters. The number of rotatable bonds is 4. The number of carboxylic acids is 2. The zero-order valence-corrected chi connectivity index (χ0v) is 14.7. The van der Waals surface area contributed by atoms with Crippen LogP contribution in [-0.4, -0.2) is 49.7 Å². The van der Waals surface area contributed by atoms with Crippen molar-refractivity contribution < 1.29 is 19.8 Å². The molecule has 0 fully saturated rings. The van der Waals surface area contributed by atoms with Gasteiger partial charge in [-0.1, -0.05) is 73.8 Å². The van der Waals surface area contributed by atoms with E-state index in [9.17, 15) is 19.8 Å². The standard InChI is InChI=1S/2C9H8O2.Ca/c2*1-7(9(10)11)8-5-3-2-4-6-8;/h2*2-6H,1H2,(H,10,11);/q;;+2/p-2. The first-order chi connectivity index (χ1) is 10.4. The van der Waals surface area contributed by atoms with Gasteiger partial charge in [-0.3, -0.25) is 0 Å². The van der Waals surface area contributed by atoms with Gasteiger partial charge in [0.2, 0.25) is 0 Å². The molecule has 0 N–H and O–H groups in total. The van der Waals surface area contributed by atoms with E-state index in [1.807, 2.05) is 12.1 Å². The van der Waals surface area contributed by atoms with Gasteiger partial charge in [-0.05, 0) is 22.3 Å². The van der Waals surface area contributed by atoms with E-state index in [0.29, 0.717) is 11.1 Å². The van der Waals surface area contributed by atoms with Crippen molar-refractivity contribution in [1.29, 1.82) is 0 Å². The summed E-state index contributed by atoms with van der Waals surface area (Å²) in [5.41, 5.74) is 1.22. The number of carbonyl (C=O) groups excluding carboxylic acids is 2. The molecular formula is C18H14CaO4. The van der Waals surface area contributed by atoms with Crippen molar-refractivity contribution in [3.8, 4) is 0 Å². The Labute approximate surface area is 164 Å². The van der Waals surface area contributed by atoms with Gasteiger partial charge in [-0.2, -0.15) is 0 Å². The molecule has 23 heavy (non-hydrogen) atoms. The molecule has 0 saturated heterocycles. The van der Waals surface area contributed by atoms with Crippen molar-refractivity contribution in [2.24, 2.45) is 0 Å². The summed E-state index contributed by atoms with van der Waals surface area (Å²) in [6.07, 6.45) is 0. The molecule has 0 unspecified atom stereocenters. The summed E-state index contributed by atoms with van der Waals surface area (Å²) in [5.74, 6) is -2.45. The van der Waals surface area contributed by atoms with E-state index in [0.717, 1.165) is 0 Å². The van der Waals surface area contributed by atoms with Gasteiger partial charge in [0.1, 0.15) is 0 Å². The predicted octanol–water partition coefficient (Wildman–Crippen LogP) is 0.519. The molecule has 2 aromatic carbocycles. The van der Waals surface area contributed by atoms with Crippen molar-refractivity contribution >= 4 is 60.8 Å². The Bertz CT molecular complexity index is 617. The van der Waals surface area contributed by atoms with E-state index in [4.69, 9.17) is 0 Å². The molecule has 0 aliphatic heterocycles. The fourth-order valence-electron chi connectivity index (χ4n) is 1.51. The van der Waals surface area contributed by atoms with Gasteiger partial charge in [0.25, 0.3) is 0 Å². The monoisotopic (exact) mass is 334 g/mol. The predicted molar refractivity (Wildman–Crippen MR) is 86.7 cm³/mol. The van der Waals surface area contributed by atoms with Crippen LogP contribution >= 0.6 is 0 Å². The van der Waals surface area contributed by atoms with Gasteiger partial charge < -0.3 is 19.8 Å². The molecule has 0 bridgehead atoms. The molecule has 2 rings (SSSR count). The zero-order chi connectivity index (χ0) is 16.5. The third-order valence-corrected chi connectivity index (χ3v) is 2.74. The summed E-state index contributed by atoms with van der Waals surface area (Å²) in [6, 6.07) is 17.4. The summed E-state index contributed by atoms with van der Waals surface area (Å²) in [5, 5.41) is 20.6. The molecule has 5 heteroatoms. The Balaban J connectivity index is 0.000000403. The minimum absolute atomic E-state index is 0. The fraction of sp³-hybridized carbons (Fsp3) is 0. The summed E-state index contributed by atoms with van der Waals surface area (Å²) in [6.45, 7) is 6.72. The van der Waals surface area contributed by atoms with Crippen molar-refractivity contribution in [3.05, 3.63) is 84.9 Å². The molecular weight excluding hydrogens is 320 g/mol. The van der Waals surface area contributed by atoms with Crippen LogP contribution in [0.2, 0.25) is 0 Å². The number of hydrogen-bond acceptors (Lipinski definition) is 4. The number of carbonyl (C=O) groups is 2. The third kappa shape index (κ3) is 7.28. The molecule has 0 saturated carbocycles. The molecule has 0 aromatic heterocycles. The van der Waals surface area contributed by atoms with E-state index in [2.05, 4.69) is 13.2 Å². The van der Waals surface area contributed by atoms with Crippen LogP contribution in [0.3, 0.4) is 0 Å². The minimum Gasteiger partial charge on any atom is -0.545 e. The van der Waals surface area contributed by atoms with E-state index >= 15 is 0 Å². The molecule has 0 amide bonds. The Kier molecular flexibility index (Phi) is 9.90. The number of benzene rings is 2. The second kappa shape index (κ2) is 10.8. The van der Waals surface area contributed by atoms with Crippen molar-refractivity contribution in [1.82, 2.24) is 0 Å². The zero-order valence-electron chi connectivity index (χ0n) is 12.5. The van der Waals surface area contributed by atoms with Crippen LogP contribution in [0.5, 0.6) is 0 Å². The van der Waals surface area contributed by atoms with Gasteiger partial charge >= 0.3 is 37.7 Å². The second-order valence-corrected chi connectivity index (χ2v) is 4.26. The summed E-state index contributed by atoms with van der Waals surface area (Å²) in [7, 11) is 0. The molecule has 112 valence electrons. The second-order valence-electron chi connectivity index (χ2n) is 4.26. The Morgan fingerprint density at radius 3 is 1.13 bits per heavy atom. The Morgan fingerprint density at radius 2 is 0.913 bits per heavy atom. The summed E-state index contributed by atoms with van der Waals surface area (Å²) >= 11 is 0. The van der Waals surface area contributed by atoms with Crippen molar-refractivity contribution in [2.75, 3.05) is 0 Å². The first-order valence-electron chi connectivity index (χ1n) is 6.34. The molecule has 0 spiro atoms. The van der Waals surface area contributed by atoms with Gasteiger partial charge in [0.15, 0.2) is 0 Å². The van der Waals surface area contributed by atoms with Crippen LogP contribution in [0.15, 0.2) is 73.8 Å². The van der Waals surface area contributed by atoms with Crippen LogP contribution in [-0.2, 0) is 9.59 Å². The van der Waals surface area contributed by atoms with Gasteiger partial charge in [-0.25, -0.2) is 0 Å². The van der Waals surface area contributed by atoms with E-state index in [1.165, 1.54) is 0 Å². The van der Waals surface area contributed by atoms with Gasteiger partial charge in [-0.15, -0.1) is 0 Å². The average Bonchev–Trinajstić information content (AvgIpc) is 2.55.